The van der Waals surface area contributed by atoms with Gasteiger partial charge in [-0.15, -0.1) is 0 Å². The van der Waals surface area contributed by atoms with Crippen LogP contribution >= 0.6 is 22.6 Å². The van der Waals surface area contributed by atoms with Crippen molar-refractivity contribution in [3.8, 4) is 34.0 Å². The summed E-state index contributed by atoms with van der Waals surface area (Å²) in [5.74, 6) is 1.68. The van der Waals surface area contributed by atoms with Crippen LogP contribution in [0.15, 0.2) is 66.7 Å². The summed E-state index contributed by atoms with van der Waals surface area (Å²) in [6.45, 7) is 0. The van der Waals surface area contributed by atoms with Gasteiger partial charge in [0.05, 0.1) is 31.1 Å². The molecular formula is C21H17IN2O2. The van der Waals surface area contributed by atoms with Crippen molar-refractivity contribution in [1.29, 1.82) is 0 Å². The van der Waals surface area contributed by atoms with E-state index < -0.39 is 0 Å². The minimum Gasteiger partial charge on any atom is -0.497 e. The summed E-state index contributed by atoms with van der Waals surface area (Å²) in [7, 11) is 3.34. The average molecular weight is 456 g/mol. The smallest absolute Gasteiger partial charge is 0.118 e. The molecule has 0 aliphatic carbocycles. The van der Waals surface area contributed by atoms with Crippen LogP contribution in [0.3, 0.4) is 0 Å². The topological polar surface area (TPSA) is 35.8 Å². The number of ether oxygens (including phenoxy) is 2. The van der Waals surface area contributed by atoms with Crippen LogP contribution < -0.4 is 9.47 Å². The maximum Gasteiger partial charge on any atom is 0.118 e. The fraction of sp³-hybridized carbons (Fsp3) is 0.0952. The van der Waals surface area contributed by atoms with Crippen LogP contribution in [-0.4, -0.2) is 23.8 Å². The Labute approximate surface area is 165 Å². The standard InChI is InChI=1S/C21H17IN2O2/c1-25-17-8-3-14(4-9-17)20-13-16-7-12-19(22)21(24(16)23-20)15-5-10-18(26-2)11-6-15/h3-13H,1-2H3. The first-order valence-electron chi connectivity index (χ1n) is 8.17. The van der Waals surface area contributed by atoms with E-state index in [1.54, 1.807) is 14.2 Å². The molecule has 0 aliphatic rings. The molecule has 2 heterocycles. The first-order chi connectivity index (χ1) is 12.7. The maximum atomic E-state index is 5.27. The molecule has 0 spiro atoms. The van der Waals surface area contributed by atoms with Crippen LogP contribution in [0.1, 0.15) is 0 Å². The normalized spacial score (nSPS) is 10.9. The molecule has 2 aromatic heterocycles. The highest BCUT2D eigenvalue weighted by atomic mass is 127. The second-order valence-corrected chi connectivity index (χ2v) is 7.02. The lowest BCUT2D eigenvalue weighted by Gasteiger charge is -2.09. The monoisotopic (exact) mass is 456 g/mol. The summed E-state index contributed by atoms with van der Waals surface area (Å²) in [5.41, 5.74) is 5.23. The van der Waals surface area contributed by atoms with Gasteiger partial charge in [0.15, 0.2) is 0 Å². The minimum atomic E-state index is 0.839. The van der Waals surface area contributed by atoms with Crippen LogP contribution in [0.2, 0.25) is 0 Å². The van der Waals surface area contributed by atoms with Crippen molar-refractivity contribution in [2.75, 3.05) is 14.2 Å². The van der Waals surface area contributed by atoms with Crippen LogP contribution in [0.25, 0.3) is 28.0 Å². The first kappa shape index (κ1) is 16.9. The molecule has 2 aromatic carbocycles. The lowest BCUT2D eigenvalue weighted by Crippen LogP contribution is -1.97. The number of aromatic nitrogens is 2. The Morgan fingerprint density at radius 3 is 1.92 bits per heavy atom. The zero-order valence-electron chi connectivity index (χ0n) is 14.4. The summed E-state index contributed by atoms with van der Waals surface area (Å²) < 4.78 is 13.7. The van der Waals surface area contributed by atoms with E-state index >= 15 is 0 Å². The molecule has 0 N–H and O–H groups in total. The third-order valence-electron chi connectivity index (χ3n) is 4.32. The molecule has 130 valence electrons. The molecule has 4 rings (SSSR count). The zero-order chi connectivity index (χ0) is 18.1. The van der Waals surface area contributed by atoms with Gasteiger partial charge in [0.25, 0.3) is 0 Å². The Hall–Kier alpha value is -2.54. The van der Waals surface area contributed by atoms with Crippen molar-refractivity contribution in [1.82, 2.24) is 9.61 Å². The minimum absolute atomic E-state index is 0.839. The molecule has 5 heteroatoms. The number of pyridine rings is 1. The fourth-order valence-corrected chi connectivity index (χ4v) is 3.66. The van der Waals surface area contributed by atoms with Crippen LogP contribution in [-0.2, 0) is 0 Å². The van der Waals surface area contributed by atoms with Crippen molar-refractivity contribution in [2.45, 2.75) is 0 Å². The quantitative estimate of drug-likeness (QED) is 0.392. The predicted octanol–water partition coefficient (Wildman–Crippen LogP) is 5.29. The van der Waals surface area contributed by atoms with Gasteiger partial charge in [-0.25, -0.2) is 4.52 Å². The highest BCUT2D eigenvalue weighted by molar-refractivity contribution is 14.1. The molecule has 26 heavy (non-hydrogen) atoms. The largest absolute Gasteiger partial charge is 0.497 e. The Kier molecular flexibility index (Phi) is 4.55. The predicted molar refractivity (Wildman–Crippen MR) is 112 cm³/mol. The molecule has 0 unspecified atom stereocenters. The van der Waals surface area contributed by atoms with Gasteiger partial charge < -0.3 is 9.47 Å². The molecule has 0 saturated heterocycles. The van der Waals surface area contributed by atoms with Gasteiger partial charge in [-0.2, -0.15) is 5.10 Å². The molecule has 0 radical (unpaired) electrons. The lowest BCUT2D eigenvalue weighted by atomic mass is 10.1. The number of nitrogens with zero attached hydrogens (tertiary/aromatic N) is 2. The Morgan fingerprint density at radius 1 is 0.769 bits per heavy atom. The third-order valence-corrected chi connectivity index (χ3v) is 5.20. The average Bonchev–Trinajstić information content (AvgIpc) is 3.12. The summed E-state index contributed by atoms with van der Waals surface area (Å²) >= 11 is 2.35. The van der Waals surface area contributed by atoms with Crippen molar-refractivity contribution >= 4 is 28.1 Å². The van der Waals surface area contributed by atoms with Crippen LogP contribution in [0.5, 0.6) is 11.5 Å². The van der Waals surface area contributed by atoms with Gasteiger partial charge in [0, 0.05) is 14.7 Å². The maximum absolute atomic E-state index is 5.27. The number of benzene rings is 2. The number of hydrogen-bond donors (Lipinski definition) is 0. The van der Waals surface area contributed by atoms with Crippen molar-refractivity contribution in [3.05, 3.63) is 70.3 Å². The first-order valence-corrected chi connectivity index (χ1v) is 9.24. The van der Waals surface area contributed by atoms with E-state index in [0.29, 0.717) is 0 Å². The van der Waals surface area contributed by atoms with E-state index in [0.717, 1.165) is 43.1 Å². The van der Waals surface area contributed by atoms with Crippen LogP contribution in [0.4, 0.5) is 0 Å². The molecule has 0 bridgehead atoms. The second kappa shape index (κ2) is 6.99. The van der Waals surface area contributed by atoms with Gasteiger partial charge in [0.2, 0.25) is 0 Å². The van der Waals surface area contributed by atoms with E-state index in [-0.39, 0.29) is 0 Å². The number of rotatable bonds is 4. The molecule has 4 aromatic rings. The molecule has 0 aliphatic heterocycles. The Balaban J connectivity index is 1.84. The van der Waals surface area contributed by atoms with Crippen molar-refractivity contribution < 1.29 is 9.47 Å². The second-order valence-electron chi connectivity index (χ2n) is 5.85. The van der Waals surface area contributed by atoms with Gasteiger partial charge in [-0.05, 0) is 89.3 Å². The van der Waals surface area contributed by atoms with E-state index in [2.05, 4.69) is 52.9 Å². The van der Waals surface area contributed by atoms with Crippen molar-refractivity contribution in [3.63, 3.8) is 0 Å². The van der Waals surface area contributed by atoms with Gasteiger partial charge in [-0.1, -0.05) is 0 Å². The van der Waals surface area contributed by atoms with Crippen molar-refractivity contribution in [2.24, 2.45) is 0 Å². The fourth-order valence-electron chi connectivity index (χ4n) is 2.94. The molecule has 0 atom stereocenters. The highest BCUT2D eigenvalue weighted by Gasteiger charge is 2.12. The molecule has 0 amide bonds. The van der Waals surface area contributed by atoms with E-state index in [1.165, 1.54) is 0 Å². The summed E-state index contributed by atoms with van der Waals surface area (Å²) in [4.78, 5) is 0. The molecule has 4 nitrogen and oxygen atoms in total. The number of methoxy groups -OCH3 is 2. The SMILES string of the molecule is COc1ccc(-c2cc3ccc(I)c(-c4ccc(OC)cc4)n3n2)cc1. The van der Waals surface area contributed by atoms with E-state index in [1.807, 2.05) is 40.9 Å². The molecule has 0 fully saturated rings. The van der Waals surface area contributed by atoms with Gasteiger partial charge >= 0.3 is 0 Å². The number of halogens is 1. The van der Waals surface area contributed by atoms with E-state index in [9.17, 15) is 0 Å². The lowest BCUT2D eigenvalue weighted by molar-refractivity contribution is 0.414. The Bertz CT molecular complexity index is 1050. The van der Waals surface area contributed by atoms with Crippen LogP contribution in [0, 0.1) is 3.57 Å². The number of hydrogen-bond acceptors (Lipinski definition) is 3. The zero-order valence-corrected chi connectivity index (χ0v) is 16.6. The number of fused-ring (bicyclic) bond motifs is 1. The molecule has 0 saturated carbocycles. The summed E-state index contributed by atoms with van der Waals surface area (Å²) in [6.07, 6.45) is 0. The summed E-state index contributed by atoms with van der Waals surface area (Å²) in [5, 5.41) is 4.86. The summed E-state index contributed by atoms with van der Waals surface area (Å²) in [6, 6.07) is 22.3. The molecular weight excluding hydrogens is 439 g/mol. The van der Waals surface area contributed by atoms with E-state index in [4.69, 9.17) is 14.6 Å². The Morgan fingerprint density at radius 2 is 1.35 bits per heavy atom. The third kappa shape index (κ3) is 3.03. The van der Waals surface area contributed by atoms with Gasteiger partial charge in [0.1, 0.15) is 11.5 Å². The highest BCUT2D eigenvalue weighted by Crippen LogP contribution is 2.30. The van der Waals surface area contributed by atoms with Gasteiger partial charge in [-0.3, -0.25) is 0 Å².